The molecular weight excluding hydrogens is 418 g/mol. The van der Waals surface area contributed by atoms with Gasteiger partial charge in [0.05, 0.1) is 16.6 Å². The molecule has 5 aromatic rings. The second-order valence-electron chi connectivity index (χ2n) is 8.21. The zero-order chi connectivity index (χ0) is 22.4. The van der Waals surface area contributed by atoms with Crippen molar-refractivity contribution in [3.05, 3.63) is 59.8 Å². The van der Waals surface area contributed by atoms with Gasteiger partial charge in [0.2, 0.25) is 0 Å². The summed E-state index contributed by atoms with van der Waals surface area (Å²) in [5.74, 6) is 1.62. The molecule has 6 rings (SSSR count). The van der Waals surface area contributed by atoms with Gasteiger partial charge in [-0.25, -0.2) is 29.7 Å². The molecule has 4 aromatic heterocycles. The lowest BCUT2D eigenvalue weighted by Crippen LogP contribution is -2.37. The molecule has 1 aliphatic heterocycles. The summed E-state index contributed by atoms with van der Waals surface area (Å²) >= 11 is 0. The highest BCUT2D eigenvalue weighted by Crippen LogP contribution is 2.32. The number of piperidine rings is 1. The Morgan fingerprint density at radius 2 is 1.85 bits per heavy atom. The minimum atomic E-state index is -0.0458. The maximum atomic E-state index is 12.6. The quantitative estimate of drug-likeness (QED) is 0.457. The molecule has 0 saturated carbocycles. The molecule has 0 atom stereocenters. The number of rotatable bonds is 4. The van der Waals surface area contributed by atoms with Crippen LogP contribution in [0.2, 0.25) is 0 Å². The van der Waals surface area contributed by atoms with E-state index >= 15 is 0 Å². The number of nitrogens with zero attached hydrogens (tertiary/aromatic N) is 8. The molecular formula is C23H23N9O. The van der Waals surface area contributed by atoms with Crippen molar-refractivity contribution in [3.63, 3.8) is 0 Å². The van der Waals surface area contributed by atoms with E-state index in [0.717, 1.165) is 71.9 Å². The monoisotopic (exact) mass is 441 g/mol. The molecule has 10 nitrogen and oxygen atoms in total. The molecule has 5 heterocycles. The lowest BCUT2D eigenvalue weighted by molar-refractivity contribution is 0.395. The van der Waals surface area contributed by atoms with Crippen LogP contribution in [0.3, 0.4) is 0 Å². The molecule has 0 radical (unpaired) electrons. The third kappa shape index (κ3) is 3.17. The largest absolute Gasteiger partial charge is 0.355 e. The molecule has 1 aliphatic rings. The molecule has 10 heteroatoms. The summed E-state index contributed by atoms with van der Waals surface area (Å²) < 4.78 is 3.97. The Bertz CT molecular complexity index is 1490. The van der Waals surface area contributed by atoms with Crippen LogP contribution < -0.4 is 10.6 Å². The van der Waals surface area contributed by atoms with Gasteiger partial charge < -0.3 is 14.5 Å². The zero-order valence-corrected chi connectivity index (χ0v) is 18.2. The minimum absolute atomic E-state index is 0.0458. The first-order valence-corrected chi connectivity index (χ1v) is 11.2. The highest BCUT2D eigenvalue weighted by atomic mass is 16.1. The number of fused-ring (bicyclic) bond motifs is 2. The Balaban J connectivity index is 1.33. The van der Waals surface area contributed by atoms with Crippen LogP contribution >= 0.6 is 0 Å². The Morgan fingerprint density at radius 1 is 1.06 bits per heavy atom. The molecule has 1 N–H and O–H groups in total. The lowest BCUT2D eigenvalue weighted by Gasteiger charge is -2.33. The number of aromatic amines is 1. The summed E-state index contributed by atoms with van der Waals surface area (Å²) in [5, 5.41) is 0. The van der Waals surface area contributed by atoms with E-state index in [-0.39, 0.29) is 11.7 Å². The number of aromatic nitrogens is 8. The molecule has 1 saturated heterocycles. The van der Waals surface area contributed by atoms with E-state index in [1.165, 1.54) is 6.33 Å². The lowest BCUT2D eigenvalue weighted by atomic mass is 10.0. The van der Waals surface area contributed by atoms with Gasteiger partial charge in [-0.2, -0.15) is 0 Å². The van der Waals surface area contributed by atoms with Crippen molar-refractivity contribution in [1.82, 2.24) is 39.0 Å². The SMILES string of the molecule is CCn1c(-c2cncnc2)nc2c(N3CCC(n4c(=O)[nH]c5ccccc54)CC3)ncnc21. The standard InChI is InChI=1S/C23H23N9O/c1-2-31-20(15-11-24-13-25-12-15)29-19-21(26-14-27-22(19)31)30-9-7-16(8-10-30)32-18-6-4-3-5-17(18)28-23(32)33/h3-6,11-14,16H,2,7-10H2,1H3,(H,28,33). The third-order valence-electron chi connectivity index (χ3n) is 6.40. The van der Waals surface area contributed by atoms with E-state index < -0.39 is 0 Å². The summed E-state index contributed by atoms with van der Waals surface area (Å²) in [6.07, 6.45) is 8.34. The van der Waals surface area contributed by atoms with Gasteiger partial charge in [-0.1, -0.05) is 12.1 Å². The fourth-order valence-electron chi connectivity index (χ4n) is 4.86. The molecule has 0 amide bonds. The summed E-state index contributed by atoms with van der Waals surface area (Å²) in [5.41, 5.74) is 4.22. The molecule has 1 aromatic carbocycles. The first-order valence-electron chi connectivity index (χ1n) is 11.2. The van der Waals surface area contributed by atoms with Crippen LogP contribution in [-0.4, -0.2) is 52.1 Å². The summed E-state index contributed by atoms with van der Waals surface area (Å²) in [4.78, 5) is 40.2. The molecule has 0 spiro atoms. The Hall–Kier alpha value is -4.08. The first-order chi connectivity index (χ1) is 16.2. The van der Waals surface area contributed by atoms with E-state index in [1.54, 1.807) is 18.7 Å². The van der Waals surface area contributed by atoms with Crippen LogP contribution in [0.25, 0.3) is 33.6 Å². The highest BCUT2D eigenvalue weighted by Gasteiger charge is 2.27. The Morgan fingerprint density at radius 3 is 2.64 bits per heavy atom. The Labute approximate surface area is 189 Å². The molecule has 0 unspecified atom stereocenters. The van der Waals surface area contributed by atoms with Crippen molar-refractivity contribution in [2.75, 3.05) is 18.0 Å². The zero-order valence-electron chi connectivity index (χ0n) is 18.2. The topological polar surface area (TPSA) is 110 Å². The summed E-state index contributed by atoms with van der Waals surface area (Å²) in [6.45, 7) is 4.36. The molecule has 1 fully saturated rings. The Kier molecular flexibility index (Phi) is 4.63. The van der Waals surface area contributed by atoms with Gasteiger partial charge in [-0.3, -0.25) is 4.57 Å². The van der Waals surface area contributed by atoms with E-state index in [2.05, 4.69) is 41.3 Å². The van der Waals surface area contributed by atoms with E-state index in [1.807, 2.05) is 28.8 Å². The van der Waals surface area contributed by atoms with Crippen LogP contribution in [0.5, 0.6) is 0 Å². The average molecular weight is 441 g/mol. The van der Waals surface area contributed by atoms with Crippen molar-refractivity contribution in [2.45, 2.75) is 32.4 Å². The van der Waals surface area contributed by atoms with Crippen molar-refractivity contribution in [1.29, 1.82) is 0 Å². The van der Waals surface area contributed by atoms with Crippen LogP contribution in [0.15, 0.2) is 54.1 Å². The number of nitrogens with one attached hydrogen (secondary N) is 1. The van der Waals surface area contributed by atoms with Gasteiger partial charge in [0, 0.05) is 38.1 Å². The van der Waals surface area contributed by atoms with Gasteiger partial charge in [-0.05, 0) is 31.9 Å². The molecule has 0 aliphatic carbocycles. The number of H-pyrrole nitrogens is 1. The first kappa shape index (κ1) is 19.6. The number of para-hydroxylation sites is 2. The number of hydrogen-bond acceptors (Lipinski definition) is 7. The fourth-order valence-corrected chi connectivity index (χ4v) is 4.86. The fraction of sp³-hybridized carbons (Fsp3) is 0.304. The predicted molar refractivity (Wildman–Crippen MR) is 125 cm³/mol. The second kappa shape index (κ2) is 7.80. The van der Waals surface area contributed by atoms with E-state index in [4.69, 9.17) is 4.98 Å². The van der Waals surface area contributed by atoms with Gasteiger partial charge in [-0.15, -0.1) is 0 Å². The van der Waals surface area contributed by atoms with Crippen LogP contribution in [0.1, 0.15) is 25.8 Å². The van der Waals surface area contributed by atoms with Crippen LogP contribution in [-0.2, 0) is 6.54 Å². The normalized spacial score (nSPS) is 15.0. The number of hydrogen-bond donors (Lipinski definition) is 1. The number of benzene rings is 1. The second-order valence-corrected chi connectivity index (χ2v) is 8.21. The van der Waals surface area contributed by atoms with Crippen molar-refractivity contribution >= 4 is 28.0 Å². The molecule has 166 valence electrons. The summed E-state index contributed by atoms with van der Waals surface area (Å²) in [7, 11) is 0. The highest BCUT2D eigenvalue weighted by molar-refractivity contribution is 5.86. The maximum Gasteiger partial charge on any atom is 0.326 e. The number of imidazole rings is 2. The molecule has 33 heavy (non-hydrogen) atoms. The van der Waals surface area contributed by atoms with Gasteiger partial charge in [0.1, 0.15) is 18.5 Å². The number of aryl methyl sites for hydroxylation is 1. The van der Waals surface area contributed by atoms with Gasteiger partial charge in [0.25, 0.3) is 0 Å². The van der Waals surface area contributed by atoms with Crippen LogP contribution in [0.4, 0.5) is 5.82 Å². The van der Waals surface area contributed by atoms with Gasteiger partial charge >= 0.3 is 5.69 Å². The van der Waals surface area contributed by atoms with Crippen molar-refractivity contribution in [3.8, 4) is 11.4 Å². The molecule has 0 bridgehead atoms. The average Bonchev–Trinajstić information content (AvgIpc) is 3.41. The predicted octanol–water partition coefficient (Wildman–Crippen LogP) is 2.79. The van der Waals surface area contributed by atoms with Gasteiger partial charge in [0.15, 0.2) is 17.0 Å². The minimum Gasteiger partial charge on any atom is -0.355 e. The third-order valence-corrected chi connectivity index (χ3v) is 6.40. The van der Waals surface area contributed by atoms with Crippen molar-refractivity contribution < 1.29 is 0 Å². The maximum absolute atomic E-state index is 12.6. The van der Waals surface area contributed by atoms with Crippen molar-refractivity contribution in [2.24, 2.45) is 0 Å². The van der Waals surface area contributed by atoms with E-state index in [0.29, 0.717) is 0 Å². The number of anilines is 1. The van der Waals surface area contributed by atoms with E-state index in [9.17, 15) is 4.79 Å². The smallest absolute Gasteiger partial charge is 0.326 e. The van der Waals surface area contributed by atoms with Crippen LogP contribution in [0, 0.1) is 0 Å². The summed E-state index contributed by atoms with van der Waals surface area (Å²) in [6, 6.07) is 8.00.